The molecular weight excluding hydrogens is 328 g/mol. The van der Waals surface area contributed by atoms with Gasteiger partial charge in [0.2, 0.25) is 5.91 Å². The smallest absolute Gasteiger partial charge is 0.233 e. The van der Waals surface area contributed by atoms with Crippen LogP contribution in [0.2, 0.25) is 0 Å². The molecule has 124 valence electrons. The number of hydrogen-bond donors (Lipinski definition) is 2. The fourth-order valence-corrected chi connectivity index (χ4v) is 5.18. The molecule has 1 amide bonds. The van der Waals surface area contributed by atoms with Gasteiger partial charge in [0.05, 0.1) is 10.6 Å². The number of nitrogen functional groups attached to an aromatic ring is 1. The van der Waals surface area contributed by atoms with Gasteiger partial charge in [0, 0.05) is 11.4 Å². The Morgan fingerprint density at radius 1 is 1.52 bits per heavy atom. The van der Waals surface area contributed by atoms with Crippen molar-refractivity contribution in [1.82, 2.24) is 15.3 Å². The summed E-state index contributed by atoms with van der Waals surface area (Å²) in [7, 11) is 0. The minimum Gasteiger partial charge on any atom is -0.383 e. The number of amides is 1. The molecule has 0 spiro atoms. The van der Waals surface area contributed by atoms with E-state index in [9.17, 15) is 4.79 Å². The molecule has 0 fully saturated rings. The summed E-state index contributed by atoms with van der Waals surface area (Å²) in [5.41, 5.74) is 7.55. The van der Waals surface area contributed by atoms with Crippen LogP contribution in [-0.4, -0.2) is 27.7 Å². The number of nitrogens with two attached hydrogens (primary N) is 1. The molecule has 0 bridgehead atoms. The standard InChI is InChI=1S/C16H22N4OS2/c1-4-18-14(21)9(3)22-16-19-13(17)12-10-6-5-8(2)7-11(10)23-15(12)20-16/h8-9H,4-7H2,1-3H3,(H,18,21)(H2,17,19,20). The molecular formula is C16H22N4OS2. The quantitative estimate of drug-likeness (QED) is 0.654. The van der Waals surface area contributed by atoms with Crippen LogP contribution in [0, 0.1) is 5.92 Å². The van der Waals surface area contributed by atoms with Crippen LogP contribution < -0.4 is 11.1 Å². The van der Waals surface area contributed by atoms with Crippen molar-refractivity contribution in [2.75, 3.05) is 12.3 Å². The SMILES string of the molecule is CCNC(=O)C(C)Sc1nc(N)c2c3c(sc2n1)CC(C)CC3. The average Bonchev–Trinajstić information content (AvgIpc) is 2.84. The maximum Gasteiger partial charge on any atom is 0.233 e. The molecule has 1 aliphatic rings. The van der Waals surface area contributed by atoms with Crippen LogP contribution in [0.4, 0.5) is 5.82 Å². The van der Waals surface area contributed by atoms with Gasteiger partial charge in [-0.05, 0) is 44.6 Å². The highest BCUT2D eigenvalue weighted by atomic mass is 32.2. The molecule has 2 aromatic heterocycles. The second kappa shape index (κ2) is 6.65. The zero-order valence-corrected chi connectivity index (χ0v) is 15.3. The Labute approximate surface area is 144 Å². The summed E-state index contributed by atoms with van der Waals surface area (Å²) in [6.07, 6.45) is 3.36. The summed E-state index contributed by atoms with van der Waals surface area (Å²) in [5.74, 6) is 1.27. The maximum atomic E-state index is 11.9. The van der Waals surface area contributed by atoms with Crippen molar-refractivity contribution in [2.45, 2.75) is 50.4 Å². The number of hydrogen-bond acceptors (Lipinski definition) is 6. The number of nitrogens with zero attached hydrogens (tertiary/aromatic N) is 2. The number of thioether (sulfide) groups is 1. The number of aromatic nitrogens is 2. The normalized spacial score (nSPS) is 18.7. The minimum atomic E-state index is -0.235. The summed E-state index contributed by atoms with van der Waals surface area (Å²) in [4.78, 5) is 23.3. The number of carbonyl (C=O) groups excluding carboxylic acids is 1. The molecule has 2 aromatic rings. The van der Waals surface area contributed by atoms with Crippen molar-refractivity contribution in [1.29, 1.82) is 0 Å². The van der Waals surface area contributed by atoms with Crippen LogP contribution in [0.25, 0.3) is 10.2 Å². The summed E-state index contributed by atoms with van der Waals surface area (Å²) >= 11 is 3.09. The molecule has 7 heteroatoms. The molecule has 0 saturated heterocycles. The molecule has 0 radical (unpaired) electrons. The van der Waals surface area contributed by atoms with Gasteiger partial charge in [0.1, 0.15) is 10.6 Å². The molecule has 1 aliphatic carbocycles. The number of carbonyl (C=O) groups is 1. The lowest BCUT2D eigenvalue weighted by Gasteiger charge is -2.17. The first kappa shape index (κ1) is 16.5. The highest BCUT2D eigenvalue weighted by Gasteiger charge is 2.24. The molecule has 23 heavy (non-hydrogen) atoms. The van der Waals surface area contributed by atoms with Gasteiger partial charge in [0.25, 0.3) is 0 Å². The van der Waals surface area contributed by atoms with E-state index in [-0.39, 0.29) is 11.2 Å². The topological polar surface area (TPSA) is 80.9 Å². The fourth-order valence-electron chi connectivity index (χ4n) is 2.93. The van der Waals surface area contributed by atoms with Crippen LogP contribution in [-0.2, 0) is 17.6 Å². The maximum absolute atomic E-state index is 11.9. The van der Waals surface area contributed by atoms with Crippen LogP contribution in [0.1, 0.15) is 37.6 Å². The summed E-state index contributed by atoms with van der Waals surface area (Å²) in [6.45, 7) is 6.69. The van der Waals surface area contributed by atoms with E-state index >= 15 is 0 Å². The Balaban J connectivity index is 1.91. The molecule has 0 aliphatic heterocycles. The predicted molar refractivity (Wildman–Crippen MR) is 97.0 cm³/mol. The predicted octanol–water partition coefficient (Wildman–Crippen LogP) is 3.02. The first-order valence-corrected chi connectivity index (χ1v) is 9.71. The van der Waals surface area contributed by atoms with E-state index in [1.807, 2.05) is 13.8 Å². The van der Waals surface area contributed by atoms with Gasteiger partial charge in [-0.3, -0.25) is 4.79 Å². The number of nitrogens with one attached hydrogen (secondary N) is 1. The highest BCUT2D eigenvalue weighted by Crippen LogP contribution is 2.40. The van der Waals surface area contributed by atoms with E-state index < -0.39 is 0 Å². The van der Waals surface area contributed by atoms with E-state index in [1.165, 1.54) is 28.6 Å². The number of aryl methyl sites for hydroxylation is 1. The Kier molecular flexibility index (Phi) is 4.77. The minimum absolute atomic E-state index is 0.000864. The molecule has 0 aromatic carbocycles. The van der Waals surface area contributed by atoms with Crippen molar-refractivity contribution in [2.24, 2.45) is 5.92 Å². The zero-order chi connectivity index (χ0) is 16.6. The van der Waals surface area contributed by atoms with Gasteiger partial charge >= 0.3 is 0 Å². The van der Waals surface area contributed by atoms with E-state index in [4.69, 9.17) is 5.73 Å². The zero-order valence-electron chi connectivity index (χ0n) is 13.7. The molecule has 5 nitrogen and oxygen atoms in total. The number of fused-ring (bicyclic) bond motifs is 3. The van der Waals surface area contributed by atoms with Gasteiger partial charge in [-0.1, -0.05) is 18.7 Å². The Morgan fingerprint density at radius 2 is 2.30 bits per heavy atom. The second-order valence-electron chi connectivity index (χ2n) is 6.08. The Bertz CT molecular complexity index is 743. The fraction of sp³-hybridized carbons (Fsp3) is 0.562. The average molecular weight is 351 g/mol. The van der Waals surface area contributed by atoms with Crippen LogP contribution in [0.5, 0.6) is 0 Å². The summed E-state index contributed by atoms with van der Waals surface area (Å²) in [5, 5.41) is 4.20. The van der Waals surface area contributed by atoms with E-state index in [1.54, 1.807) is 11.3 Å². The molecule has 2 heterocycles. The number of anilines is 1. The highest BCUT2D eigenvalue weighted by molar-refractivity contribution is 8.00. The third kappa shape index (κ3) is 3.30. The van der Waals surface area contributed by atoms with Crippen LogP contribution >= 0.6 is 23.1 Å². The van der Waals surface area contributed by atoms with Crippen molar-refractivity contribution in [3.63, 3.8) is 0 Å². The van der Waals surface area contributed by atoms with Crippen molar-refractivity contribution >= 4 is 45.0 Å². The molecule has 2 unspecified atom stereocenters. The Hall–Kier alpha value is -1.34. The third-order valence-corrected chi connectivity index (χ3v) is 6.27. The molecule has 2 atom stereocenters. The van der Waals surface area contributed by atoms with Gasteiger partial charge in [-0.2, -0.15) is 0 Å². The Morgan fingerprint density at radius 3 is 3.04 bits per heavy atom. The summed E-state index contributed by atoms with van der Waals surface area (Å²) in [6, 6.07) is 0. The van der Waals surface area contributed by atoms with E-state index in [0.717, 1.165) is 29.0 Å². The van der Waals surface area contributed by atoms with Crippen molar-refractivity contribution < 1.29 is 4.79 Å². The second-order valence-corrected chi connectivity index (χ2v) is 8.47. The van der Waals surface area contributed by atoms with Crippen LogP contribution in [0.3, 0.4) is 0 Å². The lowest BCUT2D eigenvalue weighted by atomic mass is 9.89. The van der Waals surface area contributed by atoms with Crippen LogP contribution in [0.15, 0.2) is 5.16 Å². The third-order valence-electron chi connectivity index (χ3n) is 4.16. The van der Waals surface area contributed by atoms with Gasteiger partial charge < -0.3 is 11.1 Å². The number of thiophene rings is 1. The molecule has 3 N–H and O–H groups in total. The number of rotatable bonds is 4. The van der Waals surface area contributed by atoms with Gasteiger partial charge in [-0.25, -0.2) is 9.97 Å². The van der Waals surface area contributed by atoms with Gasteiger partial charge in [0.15, 0.2) is 5.16 Å². The molecule has 0 saturated carbocycles. The van der Waals surface area contributed by atoms with E-state index in [2.05, 4.69) is 22.2 Å². The monoisotopic (exact) mass is 350 g/mol. The van der Waals surface area contributed by atoms with Crippen molar-refractivity contribution in [3.05, 3.63) is 10.4 Å². The van der Waals surface area contributed by atoms with Crippen molar-refractivity contribution in [3.8, 4) is 0 Å². The van der Waals surface area contributed by atoms with E-state index in [0.29, 0.717) is 17.5 Å². The van der Waals surface area contributed by atoms with Gasteiger partial charge in [-0.15, -0.1) is 11.3 Å². The first-order chi connectivity index (χ1) is 11.0. The lowest BCUT2D eigenvalue weighted by Crippen LogP contribution is -2.30. The first-order valence-electron chi connectivity index (χ1n) is 8.01. The lowest BCUT2D eigenvalue weighted by molar-refractivity contribution is -0.120. The molecule has 3 rings (SSSR count). The largest absolute Gasteiger partial charge is 0.383 e. The summed E-state index contributed by atoms with van der Waals surface area (Å²) < 4.78 is 0.